The van der Waals surface area contributed by atoms with Gasteiger partial charge in [-0.15, -0.1) is 0 Å². The first-order valence-corrected chi connectivity index (χ1v) is 7.43. The van der Waals surface area contributed by atoms with Crippen molar-refractivity contribution in [3.05, 3.63) is 54.3 Å². The van der Waals surface area contributed by atoms with Gasteiger partial charge in [0.1, 0.15) is 5.69 Å². The van der Waals surface area contributed by atoms with Crippen LogP contribution in [0.15, 0.2) is 53.1 Å². The Bertz CT molecular complexity index is 794. The van der Waals surface area contributed by atoms with Crippen LogP contribution in [0.1, 0.15) is 30.6 Å². The number of carbonyl (C=O) groups excluding carboxylic acids is 1. The summed E-state index contributed by atoms with van der Waals surface area (Å²) in [6.07, 6.45) is 2.49. The first-order chi connectivity index (χ1) is 10.7. The van der Waals surface area contributed by atoms with Crippen LogP contribution in [0.2, 0.25) is 0 Å². The van der Waals surface area contributed by atoms with Gasteiger partial charge in [-0.2, -0.15) is 0 Å². The van der Waals surface area contributed by atoms with E-state index in [-0.39, 0.29) is 11.9 Å². The van der Waals surface area contributed by atoms with Crippen LogP contribution in [-0.2, 0) is 0 Å². The van der Waals surface area contributed by atoms with Gasteiger partial charge in [0.15, 0.2) is 5.76 Å². The van der Waals surface area contributed by atoms with Crippen LogP contribution in [0.3, 0.4) is 0 Å². The van der Waals surface area contributed by atoms with E-state index in [0.717, 1.165) is 17.3 Å². The molecule has 3 rings (SSSR count). The van der Waals surface area contributed by atoms with Crippen LogP contribution in [-0.4, -0.2) is 16.9 Å². The van der Waals surface area contributed by atoms with Crippen molar-refractivity contribution >= 4 is 16.8 Å². The van der Waals surface area contributed by atoms with Gasteiger partial charge in [-0.05, 0) is 37.6 Å². The molecule has 4 nitrogen and oxygen atoms in total. The standard InChI is InChI=1S/C18H18N2O2/c1-3-12(2)19-18(21)14-11-16(17-9-6-10-22-17)20-15-8-5-4-7-13(14)15/h4-12H,3H2,1-2H3,(H,19,21). The molecule has 2 aromatic heterocycles. The van der Waals surface area contributed by atoms with E-state index in [0.29, 0.717) is 17.0 Å². The first-order valence-electron chi connectivity index (χ1n) is 7.43. The third-order valence-corrected chi connectivity index (χ3v) is 3.72. The van der Waals surface area contributed by atoms with Crippen LogP contribution >= 0.6 is 0 Å². The zero-order valence-corrected chi connectivity index (χ0v) is 12.7. The number of para-hydroxylation sites is 1. The van der Waals surface area contributed by atoms with Gasteiger partial charge in [-0.1, -0.05) is 25.1 Å². The zero-order chi connectivity index (χ0) is 15.5. The Balaban J connectivity index is 2.12. The summed E-state index contributed by atoms with van der Waals surface area (Å²) in [5, 5.41) is 3.86. The molecule has 1 unspecified atom stereocenters. The molecule has 1 atom stereocenters. The van der Waals surface area contributed by atoms with Gasteiger partial charge < -0.3 is 9.73 Å². The lowest BCUT2D eigenvalue weighted by Crippen LogP contribution is -2.32. The maximum absolute atomic E-state index is 12.6. The molecule has 1 N–H and O–H groups in total. The number of furan rings is 1. The fraction of sp³-hybridized carbons (Fsp3) is 0.222. The van der Waals surface area contributed by atoms with Crippen LogP contribution in [0, 0.1) is 0 Å². The molecule has 112 valence electrons. The number of carbonyl (C=O) groups is 1. The summed E-state index contributed by atoms with van der Waals surface area (Å²) in [6, 6.07) is 13.2. The van der Waals surface area contributed by atoms with Gasteiger partial charge in [-0.3, -0.25) is 4.79 Å². The molecule has 0 saturated heterocycles. The molecule has 2 heterocycles. The molecule has 0 aliphatic rings. The highest BCUT2D eigenvalue weighted by Gasteiger charge is 2.15. The number of aromatic nitrogens is 1. The molecule has 0 radical (unpaired) electrons. The number of fused-ring (bicyclic) bond motifs is 1. The Kier molecular flexibility index (Phi) is 3.92. The van der Waals surface area contributed by atoms with Crippen LogP contribution in [0.5, 0.6) is 0 Å². The van der Waals surface area contributed by atoms with E-state index in [9.17, 15) is 4.79 Å². The summed E-state index contributed by atoms with van der Waals surface area (Å²) in [4.78, 5) is 17.2. The molecule has 4 heteroatoms. The average Bonchev–Trinajstić information content (AvgIpc) is 3.08. The van der Waals surface area contributed by atoms with E-state index < -0.39 is 0 Å². The monoisotopic (exact) mass is 294 g/mol. The highest BCUT2D eigenvalue weighted by atomic mass is 16.3. The average molecular weight is 294 g/mol. The molecule has 0 spiro atoms. The van der Waals surface area contributed by atoms with Crippen LogP contribution < -0.4 is 5.32 Å². The number of hydrogen-bond donors (Lipinski definition) is 1. The maximum atomic E-state index is 12.6. The molecular formula is C18H18N2O2. The lowest BCUT2D eigenvalue weighted by Gasteiger charge is -2.13. The van der Waals surface area contributed by atoms with Gasteiger partial charge in [0.25, 0.3) is 5.91 Å². The van der Waals surface area contributed by atoms with E-state index >= 15 is 0 Å². The predicted octanol–water partition coefficient (Wildman–Crippen LogP) is 4.02. The summed E-state index contributed by atoms with van der Waals surface area (Å²) >= 11 is 0. The van der Waals surface area contributed by atoms with E-state index in [1.165, 1.54) is 0 Å². The van der Waals surface area contributed by atoms with Gasteiger partial charge in [0, 0.05) is 11.4 Å². The SMILES string of the molecule is CCC(C)NC(=O)c1cc(-c2ccco2)nc2ccccc12. The predicted molar refractivity (Wildman–Crippen MR) is 86.7 cm³/mol. The Morgan fingerprint density at radius 1 is 1.27 bits per heavy atom. The summed E-state index contributed by atoms with van der Waals surface area (Å²) in [7, 11) is 0. The lowest BCUT2D eigenvalue weighted by atomic mass is 10.1. The molecule has 0 saturated carbocycles. The Hall–Kier alpha value is -2.62. The van der Waals surface area contributed by atoms with Crippen LogP contribution in [0.25, 0.3) is 22.4 Å². The first kappa shape index (κ1) is 14.3. The second kappa shape index (κ2) is 6.02. The van der Waals surface area contributed by atoms with Crippen molar-refractivity contribution in [2.75, 3.05) is 0 Å². The van der Waals surface area contributed by atoms with E-state index in [2.05, 4.69) is 10.3 Å². The number of pyridine rings is 1. The second-order valence-corrected chi connectivity index (χ2v) is 5.33. The summed E-state index contributed by atoms with van der Waals surface area (Å²) in [5.41, 5.74) is 2.07. The normalized spacial score (nSPS) is 12.3. The van der Waals surface area contributed by atoms with Crippen LogP contribution in [0.4, 0.5) is 0 Å². The van der Waals surface area contributed by atoms with Crippen molar-refractivity contribution in [3.63, 3.8) is 0 Å². The third kappa shape index (κ3) is 2.72. The molecule has 1 aromatic carbocycles. The highest BCUT2D eigenvalue weighted by molar-refractivity contribution is 6.07. The fourth-order valence-electron chi connectivity index (χ4n) is 2.32. The molecule has 0 bridgehead atoms. The van der Waals surface area contributed by atoms with Gasteiger partial charge in [0.05, 0.1) is 17.3 Å². The summed E-state index contributed by atoms with van der Waals surface area (Å²) < 4.78 is 5.41. The Morgan fingerprint density at radius 2 is 2.09 bits per heavy atom. The van der Waals surface area contributed by atoms with Crippen molar-refractivity contribution < 1.29 is 9.21 Å². The molecule has 1 amide bonds. The van der Waals surface area contributed by atoms with Crippen molar-refractivity contribution in [2.24, 2.45) is 0 Å². The van der Waals surface area contributed by atoms with Gasteiger partial charge in [-0.25, -0.2) is 4.98 Å². The number of amides is 1. The molecule has 0 fully saturated rings. The molecule has 0 aliphatic carbocycles. The Labute approximate surface area is 129 Å². The van der Waals surface area contributed by atoms with Crippen molar-refractivity contribution in [2.45, 2.75) is 26.3 Å². The number of benzene rings is 1. The van der Waals surface area contributed by atoms with Gasteiger partial charge in [0.2, 0.25) is 0 Å². The maximum Gasteiger partial charge on any atom is 0.252 e. The lowest BCUT2D eigenvalue weighted by molar-refractivity contribution is 0.0941. The highest BCUT2D eigenvalue weighted by Crippen LogP contribution is 2.25. The third-order valence-electron chi connectivity index (χ3n) is 3.72. The number of hydrogen-bond acceptors (Lipinski definition) is 3. The fourth-order valence-corrected chi connectivity index (χ4v) is 2.32. The Morgan fingerprint density at radius 3 is 2.82 bits per heavy atom. The molecular weight excluding hydrogens is 276 g/mol. The van der Waals surface area contributed by atoms with Crippen molar-refractivity contribution in [1.82, 2.24) is 10.3 Å². The van der Waals surface area contributed by atoms with E-state index in [1.54, 1.807) is 12.3 Å². The largest absolute Gasteiger partial charge is 0.463 e. The smallest absolute Gasteiger partial charge is 0.252 e. The zero-order valence-electron chi connectivity index (χ0n) is 12.7. The van der Waals surface area contributed by atoms with E-state index in [1.807, 2.05) is 50.2 Å². The van der Waals surface area contributed by atoms with Crippen molar-refractivity contribution in [3.8, 4) is 11.5 Å². The minimum Gasteiger partial charge on any atom is -0.463 e. The van der Waals surface area contributed by atoms with Gasteiger partial charge >= 0.3 is 0 Å². The molecule has 22 heavy (non-hydrogen) atoms. The second-order valence-electron chi connectivity index (χ2n) is 5.33. The number of nitrogens with zero attached hydrogens (tertiary/aromatic N) is 1. The summed E-state index contributed by atoms with van der Waals surface area (Å²) in [6.45, 7) is 4.04. The van der Waals surface area contributed by atoms with Crippen molar-refractivity contribution in [1.29, 1.82) is 0 Å². The quantitative estimate of drug-likeness (QED) is 0.790. The topological polar surface area (TPSA) is 55.1 Å². The van der Waals surface area contributed by atoms with E-state index in [4.69, 9.17) is 4.42 Å². The minimum atomic E-state index is -0.0826. The number of rotatable bonds is 4. The molecule has 3 aromatic rings. The minimum absolute atomic E-state index is 0.0826. The summed E-state index contributed by atoms with van der Waals surface area (Å²) in [5.74, 6) is 0.573. The number of nitrogens with one attached hydrogen (secondary N) is 1. The molecule has 0 aliphatic heterocycles.